The van der Waals surface area contributed by atoms with Crippen LogP contribution in [0.3, 0.4) is 0 Å². The predicted octanol–water partition coefficient (Wildman–Crippen LogP) is 1.32. The molecule has 0 aliphatic carbocycles. The maximum absolute atomic E-state index is 13.1. The lowest BCUT2D eigenvalue weighted by molar-refractivity contribution is 0.426. The Bertz CT molecular complexity index is 485. The van der Waals surface area contributed by atoms with Gasteiger partial charge in [-0.15, -0.1) is 11.3 Å². The van der Waals surface area contributed by atoms with E-state index >= 15 is 0 Å². The van der Waals surface area contributed by atoms with Crippen molar-refractivity contribution in [2.24, 2.45) is 0 Å². The molecule has 1 heterocycles. The first-order valence-electron chi connectivity index (χ1n) is 3.82. The van der Waals surface area contributed by atoms with Gasteiger partial charge in [0, 0.05) is 5.46 Å². The summed E-state index contributed by atoms with van der Waals surface area (Å²) >= 11 is 3.23. The lowest BCUT2D eigenvalue weighted by atomic mass is 9.80. The Morgan fingerprint density at radius 1 is 1.36 bits per heavy atom. The normalized spacial score (nSPS) is 10.9. The van der Waals surface area contributed by atoms with Crippen LogP contribution in [0.4, 0.5) is 4.39 Å². The van der Waals surface area contributed by atoms with Crippen LogP contribution < -0.4 is 5.46 Å². The Labute approximate surface area is 97.7 Å². The molecule has 0 unspecified atom stereocenters. The Hall–Kier alpha value is -0.175. The number of hydrogen-bond donors (Lipinski definition) is 2. The fourth-order valence-electron chi connectivity index (χ4n) is 1.26. The maximum Gasteiger partial charge on any atom is 0.489 e. The summed E-state index contributed by atoms with van der Waals surface area (Å²) in [6.07, 6.45) is 0. The summed E-state index contributed by atoms with van der Waals surface area (Å²) in [5.74, 6) is -0.279. The molecule has 0 aliphatic rings. The first-order chi connectivity index (χ1) is 6.61. The van der Waals surface area contributed by atoms with Crippen molar-refractivity contribution < 1.29 is 14.4 Å². The standard InChI is InChI=1S/C8H5BFIO2S/c10-6-2-1-4-5(9(12)13)3-14-8(4)7(6)11/h1-3,12-13H. The smallest absolute Gasteiger partial charge is 0.423 e. The number of halogens is 2. The molecular weight excluding hydrogens is 317 g/mol. The summed E-state index contributed by atoms with van der Waals surface area (Å²) in [7, 11) is -1.50. The first kappa shape index (κ1) is 10.3. The SMILES string of the molecule is OB(O)c1csc2c(I)c(F)ccc12. The Kier molecular flexibility index (Phi) is 2.78. The molecule has 0 spiro atoms. The van der Waals surface area contributed by atoms with Crippen molar-refractivity contribution in [2.75, 3.05) is 0 Å². The Morgan fingerprint density at radius 3 is 2.71 bits per heavy atom. The van der Waals surface area contributed by atoms with Gasteiger partial charge < -0.3 is 10.0 Å². The number of fused-ring (bicyclic) bond motifs is 1. The average molecular weight is 322 g/mol. The summed E-state index contributed by atoms with van der Waals surface area (Å²) in [4.78, 5) is 0. The van der Waals surface area contributed by atoms with Gasteiger partial charge in [-0.1, -0.05) is 6.07 Å². The van der Waals surface area contributed by atoms with Crippen molar-refractivity contribution in [3.05, 3.63) is 26.9 Å². The fourth-order valence-corrected chi connectivity index (χ4v) is 3.12. The van der Waals surface area contributed by atoms with Crippen LogP contribution in [-0.2, 0) is 0 Å². The number of thiophene rings is 1. The molecule has 0 aliphatic heterocycles. The van der Waals surface area contributed by atoms with Gasteiger partial charge in [-0.05, 0) is 39.4 Å². The van der Waals surface area contributed by atoms with E-state index in [1.54, 1.807) is 11.4 Å². The molecule has 0 saturated carbocycles. The van der Waals surface area contributed by atoms with E-state index in [0.717, 1.165) is 4.70 Å². The highest BCUT2D eigenvalue weighted by Gasteiger charge is 2.18. The van der Waals surface area contributed by atoms with Crippen molar-refractivity contribution in [1.29, 1.82) is 0 Å². The van der Waals surface area contributed by atoms with Gasteiger partial charge >= 0.3 is 7.12 Å². The largest absolute Gasteiger partial charge is 0.489 e. The second-order valence-corrected chi connectivity index (χ2v) is 4.76. The molecule has 2 nitrogen and oxygen atoms in total. The van der Waals surface area contributed by atoms with Crippen LogP contribution in [-0.4, -0.2) is 17.2 Å². The minimum Gasteiger partial charge on any atom is -0.423 e. The number of rotatable bonds is 1. The van der Waals surface area contributed by atoms with E-state index in [0.29, 0.717) is 14.4 Å². The van der Waals surface area contributed by atoms with Crippen molar-refractivity contribution in [3.63, 3.8) is 0 Å². The molecule has 72 valence electrons. The molecule has 0 bridgehead atoms. The van der Waals surface area contributed by atoms with Crippen LogP contribution in [0.25, 0.3) is 10.1 Å². The van der Waals surface area contributed by atoms with Crippen LogP contribution in [0, 0.1) is 9.39 Å². The quantitative estimate of drug-likeness (QED) is 0.614. The number of benzene rings is 1. The van der Waals surface area contributed by atoms with Gasteiger partial charge in [0.2, 0.25) is 0 Å². The first-order valence-corrected chi connectivity index (χ1v) is 5.78. The molecule has 6 heteroatoms. The molecule has 0 radical (unpaired) electrons. The van der Waals surface area contributed by atoms with Crippen LogP contribution in [0.1, 0.15) is 0 Å². The highest BCUT2D eigenvalue weighted by Crippen LogP contribution is 2.26. The molecule has 14 heavy (non-hydrogen) atoms. The molecule has 2 aromatic rings. The maximum atomic E-state index is 13.1. The van der Waals surface area contributed by atoms with Crippen molar-refractivity contribution in [2.45, 2.75) is 0 Å². The van der Waals surface area contributed by atoms with Crippen molar-refractivity contribution in [3.8, 4) is 0 Å². The third-order valence-corrected chi connectivity index (χ3v) is 4.40. The lowest BCUT2D eigenvalue weighted by Crippen LogP contribution is -2.28. The summed E-state index contributed by atoms with van der Waals surface area (Å²) in [6, 6.07) is 2.90. The lowest BCUT2D eigenvalue weighted by Gasteiger charge is -1.98. The molecule has 1 aromatic heterocycles. The molecule has 0 atom stereocenters. The fraction of sp³-hybridized carbons (Fsp3) is 0. The Balaban J connectivity index is 2.77. The molecule has 1 aromatic carbocycles. The van der Waals surface area contributed by atoms with E-state index in [4.69, 9.17) is 10.0 Å². The van der Waals surface area contributed by atoms with Crippen LogP contribution in [0.5, 0.6) is 0 Å². The number of hydrogen-bond acceptors (Lipinski definition) is 3. The Morgan fingerprint density at radius 2 is 2.07 bits per heavy atom. The zero-order valence-corrected chi connectivity index (χ0v) is 9.84. The monoisotopic (exact) mass is 322 g/mol. The van der Waals surface area contributed by atoms with E-state index in [-0.39, 0.29) is 5.82 Å². The van der Waals surface area contributed by atoms with Gasteiger partial charge in [-0.2, -0.15) is 0 Å². The summed E-state index contributed by atoms with van der Waals surface area (Å²) in [5, 5.41) is 20.4. The second-order valence-electron chi connectivity index (χ2n) is 2.80. The molecule has 2 rings (SSSR count). The van der Waals surface area contributed by atoms with E-state index in [2.05, 4.69) is 0 Å². The van der Waals surface area contributed by atoms with Gasteiger partial charge in [-0.25, -0.2) is 4.39 Å². The minimum absolute atomic E-state index is 0.279. The van der Waals surface area contributed by atoms with Crippen molar-refractivity contribution in [1.82, 2.24) is 0 Å². The highest BCUT2D eigenvalue weighted by molar-refractivity contribution is 14.1. The van der Waals surface area contributed by atoms with E-state index in [1.807, 2.05) is 22.6 Å². The van der Waals surface area contributed by atoms with Crippen LogP contribution in [0.2, 0.25) is 0 Å². The summed E-state index contributed by atoms with van der Waals surface area (Å²) in [5.41, 5.74) is 0.433. The summed E-state index contributed by atoms with van der Waals surface area (Å²) < 4.78 is 14.4. The van der Waals surface area contributed by atoms with Gasteiger partial charge in [0.25, 0.3) is 0 Å². The third-order valence-electron chi connectivity index (χ3n) is 1.94. The molecule has 0 amide bonds. The summed E-state index contributed by atoms with van der Waals surface area (Å²) in [6.45, 7) is 0. The third kappa shape index (κ3) is 1.56. The van der Waals surface area contributed by atoms with E-state index in [1.165, 1.54) is 17.4 Å². The van der Waals surface area contributed by atoms with Crippen LogP contribution >= 0.6 is 33.9 Å². The van der Waals surface area contributed by atoms with E-state index in [9.17, 15) is 4.39 Å². The topological polar surface area (TPSA) is 40.5 Å². The second kappa shape index (κ2) is 3.76. The zero-order chi connectivity index (χ0) is 10.3. The zero-order valence-electron chi connectivity index (χ0n) is 6.87. The van der Waals surface area contributed by atoms with Gasteiger partial charge in [0.1, 0.15) is 5.82 Å². The average Bonchev–Trinajstić information content (AvgIpc) is 2.55. The highest BCUT2D eigenvalue weighted by atomic mass is 127. The molecule has 2 N–H and O–H groups in total. The minimum atomic E-state index is -1.50. The van der Waals surface area contributed by atoms with Gasteiger partial charge in [0.05, 0.1) is 8.27 Å². The van der Waals surface area contributed by atoms with Crippen molar-refractivity contribution >= 4 is 56.6 Å². The molecule has 0 fully saturated rings. The molecular formula is C8H5BFIO2S. The van der Waals surface area contributed by atoms with Gasteiger partial charge in [-0.3, -0.25) is 0 Å². The van der Waals surface area contributed by atoms with Crippen LogP contribution in [0.15, 0.2) is 17.5 Å². The predicted molar refractivity (Wildman–Crippen MR) is 64.3 cm³/mol. The van der Waals surface area contributed by atoms with Gasteiger partial charge in [0.15, 0.2) is 0 Å². The molecule has 0 saturated heterocycles. The van der Waals surface area contributed by atoms with E-state index < -0.39 is 7.12 Å².